The summed E-state index contributed by atoms with van der Waals surface area (Å²) in [4.78, 5) is 0. The van der Waals surface area contributed by atoms with E-state index < -0.39 is 6.29 Å². The van der Waals surface area contributed by atoms with Crippen molar-refractivity contribution in [1.29, 1.82) is 0 Å². The van der Waals surface area contributed by atoms with Gasteiger partial charge in [-0.25, -0.2) is 0 Å². The van der Waals surface area contributed by atoms with Crippen LogP contribution < -0.4 is 14.2 Å². The summed E-state index contributed by atoms with van der Waals surface area (Å²) in [6.07, 6.45) is -1.47. The van der Waals surface area contributed by atoms with Crippen molar-refractivity contribution in [3.05, 3.63) is 18.2 Å². The quantitative estimate of drug-likeness (QED) is 0.674. The molecule has 1 aromatic rings. The zero-order valence-corrected chi connectivity index (χ0v) is 7.34. The predicted octanol–water partition coefficient (Wildman–Crippen LogP) is 0.105. The maximum Gasteiger partial charge on any atom is 0.231 e. The molecule has 1 aliphatic heterocycles. The van der Waals surface area contributed by atoms with Crippen LogP contribution >= 0.6 is 0 Å². The van der Waals surface area contributed by atoms with Gasteiger partial charge in [-0.15, -0.1) is 0 Å². The van der Waals surface area contributed by atoms with E-state index in [2.05, 4.69) is 0 Å². The predicted molar refractivity (Wildman–Crippen MR) is 46.3 cm³/mol. The fourth-order valence-corrected chi connectivity index (χ4v) is 1.14. The summed E-state index contributed by atoms with van der Waals surface area (Å²) < 4.78 is 15.3. The lowest BCUT2D eigenvalue weighted by molar-refractivity contribution is -0.0680. The third-order valence-electron chi connectivity index (χ3n) is 1.74. The molecule has 0 saturated carbocycles. The second kappa shape index (κ2) is 3.73. The first-order valence-electron chi connectivity index (χ1n) is 4.14. The van der Waals surface area contributed by atoms with Crippen molar-refractivity contribution in [2.75, 3.05) is 13.4 Å². The van der Waals surface area contributed by atoms with Crippen LogP contribution in [0.4, 0.5) is 0 Å². The number of hydrogen-bond acceptors (Lipinski definition) is 5. The largest absolute Gasteiger partial charge is 0.488 e. The molecule has 0 aromatic heterocycles. The van der Waals surface area contributed by atoms with E-state index in [0.717, 1.165) is 0 Å². The van der Waals surface area contributed by atoms with Gasteiger partial charge >= 0.3 is 0 Å². The Morgan fingerprint density at radius 2 is 2.07 bits per heavy atom. The van der Waals surface area contributed by atoms with E-state index >= 15 is 0 Å². The lowest BCUT2D eigenvalue weighted by Gasteiger charge is -2.07. The SMILES string of the molecule is OC(O)COc1ccc2c(c1)OCO2. The zero-order valence-electron chi connectivity index (χ0n) is 7.34. The molecule has 0 aliphatic carbocycles. The van der Waals surface area contributed by atoms with Crippen LogP contribution in [-0.4, -0.2) is 29.9 Å². The Labute approximate surface area is 80.4 Å². The van der Waals surface area contributed by atoms with E-state index in [9.17, 15) is 0 Å². The van der Waals surface area contributed by atoms with Crippen LogP contribution in [0.2, 0.25) is 0 Å². The van der Waals surface area contributed by atoms with Crippen LogP contribution in [0, 0.1) is 0 Å². The van der Waals surface area contributed by atoms with Gasteiger partial charge in [0.05, 0.1) is 0 Å². The van der Waals surface area contributed by atoms with E-state index in [1.807, 2.05) is 0 Å². The fourth-order valence-electron chi connectivity index (χ4n) is 1.14. The van der Waals surface area contributed by atoms with E-state index in [1.165, 1.54) is 0 Å². The van der Waals surface area contributed by atoms with Gasteiger partial charge in [-0.2, -0.15) is 0 Å². The molecule has 1 heterocycles. The molecule has 0 bridgehead atoms. The van der Waals surface area contributed by atoms with E-state index in [1.54, 1.807) is 18.2 Å². The maximum absolute atomic E-state index is 8.58. The fraction of sp³-hybridized carbons (Fsp3) is 0.333. The average Bonchev–Trinajstić information content (AvgIpc) is 2.61. The van der Waals surface area contributed by atoms with Crippen molar-refractivity contribution in [2.24, 2.45) is 0 Å². The number of aliphatic hydroxyl groups excluding tert-OH is 1. The lowest BCUT2D eigenvalue weighted by Crippen LogP contribution is -2.15. The number of hydrogen-bond donors (Lipinski definition) is 2. The van der Waals surface area contributed by atoms with E-state index in [-0.39, 0.29) is 13.4 Å². The number of rotatable bonds is 3. The highest BCUT2D eigenvalue weighted by Crippen LogP contribution is 2.34. The molecule has 2 rings (SSSR count). The first-order valence-corrected chi connectivity index (χ1v) is 4.14. The van der Waals surface area contributed by atoms with Gasteiger partial charge in [-0.1, -0.05) is 0 Å². The summed E-state index contributed by atoms with van der Waals surface area (Å²) in [5.74, 6) is 1.79. The van der Waals surface area contributed by atoms with Crippen LogP contribution in [0.15, 0.2) is 18.2 Å². The van der Waals surface area contributed by atoms with Gasteiger partial charge in [0.15, 0.2) is 17.8 Å². The first kappa shape index (κ1) is 9.11. The average molecular weight is 198 g/mol. The summed E-state index contributed by atoms with van der Waals surface area (Å²) in [5.41, 5.74) is 0. The third-order valence-corrected chi connectivity index (χ3v) is 1.74. The minimum absolute atomic E-state index is 0.167. The summed E-state index contributed by atoms with van der Waals surface area (Å²) in [5, 5.41) is 17.2. The van der Waals surface area contributed by atoms with Crippen LogP contribution in [0.1, 0.15) is 0 Å². The Balaban J connectivity index is 2.05. The molecule has 0 radical (unpaired) electrons. The van der Waals surface area contributed by atoms with Crippen molar-refractivity contribution in [3.8, 4) is 17.2 Å². The molecular formula is C9H10O5. The Bertz CT molecular complexity index is 323. The Morgan fingerprint density at radius 3 is 2.86 bits per heavy atom. The lowest BCUT2D eigenvalue weighted by atomic mass is 10.3. The van der Waals surface area contributed by atoms with Crippen LogP contribution in [-0.2, 0) is 0 Å². The van der Waals surface area contributed by atoms with Crippen molar-refractivity contribution < 1.29 is 24.4 Å². The Kier molecular flexibility index (Phi) is 2.43. The van der Waals surface area contributed by atoms with Crippen molar-refractivity contribution in [3.63, 3.8) is 0 Å². The summed E-state index contributed by atoms with van der Waals surface area (Å²) in [7, 11) is 0. The number of ether oxygens (including phenoxy) is 3. The van der Waals surface area contributed by atoms with Gasteiger partial charge in [-0.05, 0) is 12.1 Å². The smallest absolute Gasteiger partial charge is 0.231 e. The number of fused-ring (bicyclic) bond motifs is 1. The molecule has 1 aromatic carbocycles. The van der Waals surface area contributed by atoms with Gasteiger partial charge < -0.3 is 24.4 Å². The minimum Gasteiger partial charge on any atom is -0.488 e. The van der Waals surface area contributed by atoms with E-state index in [0.29, 0.717) is 17.2 Å². The van der Waals surface area contributed by atoms with Crippen LogP contribution in [0.25, 0.3) is 0 Å². The topological polar surface area (TPSA) is 68.2 Å². The molecule has 0 saturated heterocycles. The highest BCUT2D eigenvalue weighted by molar-refractivity contribution is 5.46. The van der Waals surface area contributed by atoms with Crippen molar-refractivity contribution >= 4 is 0 Å². The molecule has 14 heavy (non-hydrogen) atoms. The van der Waals surface area contributed by atoms with Gasteiger partial charge in [0, 0.05) is 6.07 Å². The molecule has 0 spiro atoms. The molecule has 0 fully saturated rings. The second-order valence-corrected chi connectivity index (χ2v) is 2.81. The Hall–Kier alpha value is -1.46. The van der Waals surface area contributed by atoms with Gasteiger partial charge in [0.2, 0.25) is 6.79 Å². The Morgan fingerprint density at radius 1 is 1.29 bits per heavy atom. The van der Waals surface area contributed by atoms with Gasteiger partial charge in [-0.3, -0.25) is 0 Å². The first-order chi connectivity index (χ1) is 6.75. The van der Waals surface area contributed by atoms with E-state index in [4.69, 9.17) is 24.4 Å². The molecule has 0 atom stereocenters. The molecule has 5 nitrogen and oxygen atoms in total. The summed E-state index contributed by atoms with van der Waals surface area (Å²) >= 11 is 0. The van der Waals surface area contributed by atoms with Crippen molar-refractivity contribution in [2.45, 2.75) is 6.29 Å². The second-order valence-electron chi connectivity index (χ2n) is 2.81. The highest BCUT2D eigenvalue weighted by atomic mass is 16.7. The molecule has 2 N–H and O–H groups in total. The van der Waals surface area contributed by atoms with Gasteiger partial charge in [0.25, 0.3) is 0 Å². The van der Waals surface area contributed by atoms with Crippen molar-refractivity contribution in [1.82, 2.24) is 0 Å². The molecule has 1 aliphatic rings. The molecule has 0 amide bonds. The molecule has 76 valence electrons. The standard InChI is InChI=1S/C9H10O5/c10-9(11)4-12-6-1-2-7-8(3-6)14-5-13-7/h1-3,9-11H,4-5H2. The maximum atomic E-state index is 8.58. The van der Waals surface area contributed by atoms with Crippen LogP contribution in [0.5, 0.6) is 17.2 Å². The minimum atomic E-state index is -1.47. The summed E-state index contributed by atoms with van der Waals surface area (Å²) in [6, 6.07) is 5.03. The van der Waals surface area contributed by atoms with Gasteiger partial charge in [0.1, 0.15) is 12.4 Å². The normalized spacial score (nSPS) is 13.4. The molecule has 5 heteroatoms. The van der Waals surface area contributed by atoms with Crippen LogP contribution in [0.3, 0.4) is 0 Å². The monoisotopic (exact) mass is 198 g/mol. The summed E-state index contributed by atoms with van der Waals surface area (Å²) in [6.45, 7) is 0.0427. The number of aliphatic hydroxyl groups is 2. The molecular weight excluding hydrogens is 188 g/mol. The zero-order chi connectivity index (χ0) is 9.97. The third kappa shape index (κ3) is 1.89. The number of benzene rings is 1. The molecule has 0 unspecified atom stereocenters. The highest BCUT2D eigenvalue weighted by Gasteiger charge is 2.13.